The van der Waals surface area contributed by atoms with Crippen LogP contribution in [0.5, 0.6) is 0 Å². The summed E-state index contributed by atoms with van der Waals surface area (Å²) in [6.45, 7) is 6.38. The highest BCUT2D eigenvalue weighted by Crippen LogP contribution is 2.27. The number of rotatable bonds is 6. The largest absolute Gasteiger partial charge is 0.449 e. The number of amides is 1. The second-order valence-electron chi connectivity index (χ2n) is 8.31. The number of hydrogen-bond donors (Lipinski definition) is 1. The fourth-order valence-corrected chi connectivity index (χ4v) is 5.72. The molecule has 1 aliphatic heterocycles. The molecule has 2 aromatic rings. The lowest BCUT2D eigenvalue weighted by Gasteiger charge is -2.34. The molecule has 3 rings (SSSR count). The molecule has 1 amide bonds. The zero-order valence-corrected chi connectivity index (χ0v) is 19.8. The van der Waals surface area contributed by atoms with E-state index >= 15 is 0 Å². The van der Waals surface area contributed by atoms with Crippen LogP contribution < -0.4 is 5.32 Å². The second-order valence-corrected chi connectivity index (χ2v) is 10.7. The minimum atomic E-state index is -3.74. The van der Waals surface area contributed by atoms with Crippen LogP contribution in [0.3, 0.4) is 0 Å². The molecule has 3 unspecified atom stereocenters. The van der Waals surface area contributed by atoms with Crippen LogP contribution in [0.4, 0.5) is 5.69 Å². The third-order valence-electron chi connectivity index (χ3n) is 5.33. The monoisotopic (exact) mass is 478 g/mol. The lowest BCUT2D eigenvalue weighted by molar-refractivity contribution is -0.123. The Hall–Kier alpha value is -2.42. The first-order chi connectivity index (χ1) is 15.1. The van der Waals surface area contributed by atoms with Crippen LogP contribution in [0.2, 0.25) is 5.02 Å². The molecule has 2 aromatic carbocycles. The van der Waals surface area contributed by atoms with E-state index < -0.39 is 28.0 Å². The van der Waals surface area contributed by atoms with Gasteiger partial charge in [-0.05, 0) is 55.5 Å². The van der Waals surface area contributed by atoms with Crippen LogP contribution in [0.1, 0.15) is 37.6 Å². The highest BCUT2D eigenvalue weighted by Gasteiger charge is 2.32. The summed E-state index contributed by atoms with van der Waals surface area (Å²) in [5.74, 6) is -0.811. The van der Waals surface area contributed by atoms with E-state index in [-0.39, 0.29) is 22.3 Å². The summed E-state index contributed by atoms with van der Waals surface area (Å²) in [6, 6.07) is 12.4. The van der Waals surface area contributed by atoms with Crippen molar-refractivity contribution in [3.05, 3.63) is 59.1 Å². The number of sulfonamides is 1. The van der Waals surface area contributed by atoms with Gasteiger partial charge in [0.25, 0.3) is 5.91 Å². The molecule has 0 saturated carbocycles. The van der Waals surface area contributed by atoms with Crippen LogP contribution in [0.15, 0.2) is 53.4 Å². The van der Waals surface area contributed by atoms with Gasteiger partial charge in [0, 0.05) is 13.1 Å². The van der Waals surface area contributed by atoms with Crippen LogP contribution in [0, 0.1) is 11.8 Å². The maximum absolute atomic E-state index is 13.1. The summed E-state index contributed by atoms with van der Waals surface area (Å²) >= 11 is 6.03. The molecule has 3 atom stereocenters. The van der Waals surface area contributed by atoms with Crippen LogP contribution >= 0.6 is 11.6 Å². The quantitative estimate of drug-likeness (QED) is 0.628. The molecule has 1 aliphatic rings. The van der Waals surface area contributed by atoms with Gasteiger partial charge in [-0.25, -0.2) is 13.2 Å². The number of carbonyl (C=O) groups is 2. The number of nitrogens with zero attached hydrogens (tertiary/aromatic N) is 1. The molecule has 1 fully saturated rings. The summed E-state index contributed by atoms with van der Waals surface area (Å²) < 4.78 is 33.0. The molecule has 0 aliphatic carbocycles. The molecule has 172 valence electrons. The molecular formula is C23H27ClN2O5S. The minimum Gasteiger partial charge on any atom is -0.449 e. The summed E-state index contributed by atoms with van der Waals surface area (Å²) in [5, 5.41) is 2.96. The summed E-state index contributed by atoms with van der Waals surface area (Å²) in [4.78, 5) is 25.0. The third kappa shape index (κ3) is 5.68. The Labute approximate surface area is 193 Å². The normalized spacial score (nSPS) is 20.4. The third-order valence-corrected chi connectivity index (χ3v) is 7.48. The first-order valence-electron chi connectivity index (χ1n) is 10.4. The zero-order chi connectivity index (χ0) is 23.5. The number of para-hydroxylation sites is 1. The first kappa shape index (κ1) is 24.2. The molecule has 1 saturated heterocycles. The molecule has 0 bridgehead atoms. The molecule has 7 nitrogen and oxygen atoms in total. The van der Waals surface area contributed by atoms with Crippen molar-refractivity contribution < 1.29 is 22.7 Å². The van der Waals surface area contributed by atoms with Gasteiger partial charge in [0.05, 0.1) is 21.2 Å². The summed E-state index contributed by atoms with van der Waals surface area (Å²) in [5.41, 5.74) is 0.460. The Morgan fingerprint density at radius 3 is 2.41 bits per heavy atom. The molecule has 0 aromatic heterocycles. The Morgan fingerprint density at radius 2 is 1.75 bits per heavy atom. The van der Waals surface area contributed by atoms with Crippen molar-refractivity contribution in [2.24, 2.45) is 11.8 Å². The lowest BCUT2D eigenvalue weighted by atomic mass is 9.94. The number of ether oxygens (including phenoxy) is 1. The number of piperidine rings is 1. The van der Waals surface area contributed by atoms with Crippen molar-refractivity contribution in [2.75, 3.05) is 18.4 Å². The van der Waals surface area contributed by atoms with E-state index in [0.717, 1.165) is 6.42 Å². The fourth-order valence-electron chi connectivity index (χ4n) is 3.81. The van der Waals surface area contributed by atoms with Crippen LogP contribution in [0.25, 0.3) is 0 Å². The van der Waals surface area contributed by atoms with Crippen LogP contribution in [-0.4, -0.2) is 43.8 Å². The van der Waals surface area contributed by atoms with Crippen molar-refractivity contribution in [1.29, 1.82) is 0 Å². The number of carbonyl (C=O) groups excluding carboxylic acids is 2. The van der Waals surface area contributed by atoms with E-state index in [9.17, 15) is 18.0 Å². The summed E-state index contributed by atoms with van der Waals surface area (Å²) in [6.07, 6.45) is -0.130. The van der Waals surface area contributed by atoms with E-state index in [4.69, 9.17) is 16.3 Å². The maximum Gasteiger partial charge on any atom is 0.338 e. The Kier molecular flexibility index (Phi) is 7.59. The van der Waals surface area contributed by atoms with E-state index in [1.54, 1.807) is 24.3 Å². The molecule has 1 heterocycles. The highest BCUT2D eigenvalue weighted by atomic mass is 35.5. The van der Waals surface area contributed by atoms with Gasteiger partial charge in [0.1, 0.15) is 0 Å². The topological polar surface area (TPSA) is 92.8 Å². The summed E-state index contributed by atoms with van der Waals surface area (Å²) in [7, 11) is -3.74. The van der Waals surface area contributed by atoms with Gasteiger partial charge in [-0.1, -0.05) is 43.6 Å². The van der Waals surface area contributed by atoms with E-state index in [0.29, 0.717) is 23.8 Å². The average molecular weight is 479 g/mol. The Balaban J connectivity index is 1.71. The maximum atomic E-state index is 13.1. The minimum absolute atomic E-state index is 0.0291. The van der Waals surface area contributed by atoms with Crippen molar-refractivity contribution in [3.63, 3.8) is 0 Å². The van der Waals surface area contributed by atoms with E-state index in [1.807, 2.05) is 13.8 Å². The molecule has 1 N–H and O–H groups in total. The van der Waals surface area contributed by atoms with Crippen molar-refractivity contribution in [3.8, 4) is 0 Å². The molecular weight excluding hydrogens is 452 g/mol. The van der Waals surface area contributed by atoms with Gasteiger partial charge in [-0.15, -0.1) is 0 Å². The van der Waals surface area contributed by atoms with Gasteiger partial charge in [0.15, 0.2) is 6.10 Å². The number of benzene rings is 2. The van der Waals surface area contributed by atoms with E-state index in [1.165, 1.54) is 35.5 Å². The fraction of sp³-hybridized carbons (Fsp3) is 0.391. The smallest absolute Gasteiger partial charge is 0.338 e. The van der Waals surface area contributed by atoms with Gasteiger partial charge >= 0.3 is 5.97 Å². The van der Waals surface area contributed by atoms with Gasteiger partial charge in [-0.2, -0.15) is 4.31 Å². The average Bonchev–Trinajstić information content (AvgIpc) is 2.74. The van der Waals surface area contributed by atoms with Gasteiger partial charge in [0.2, 0.25) is 10.0 Å². The Morgan fingerprint density at radius 1 is 1.09 bits per heavy atom. The SMILES string of the molecule is CC1CC(C)CN(S(=O)(=O)c2cccc(C(=O)OC(C)C(=O)Nc3ccccc3Cl)c2)C1. The molecule has 0 radical (unpaired) electrons. The zero-order valence-electron chi connectivity index (χ0n) is 18.2. The van der Waals surface area contributed by atoms with Crippen molar-refractivity contribution >= 4 is 39.2 Å². The lowest BCUT2D eigenvalue weighted by Crippen LogP contribution is -2.42. The van der Waals surface area contributed by atoms with Crippen molar-refractivity contribution in [2.45, 2.75) is 38.2 Å². The van der Waals surface area contributed by atoms with Gasteiger partial charge < -0.3 is 10.1 Å². The Bertz CT molecular complexity index is 1100. The highest BCUT2D eigenvalue weighted by molar-refractivity contribution is 7.89. The molecule has 32 heavy (non-hydrogen) atoms. The predicted octanol–water partition coefficient (Wildman–Crippen LogP) is 4.19. The number of nitrogens with one attached hydrogen (secondary N) is 1. The first-order valence-corrected chi connectivity index (χ1v) is 12.3. The van der Waals surface area contributed by atoms with Crippen molar-refractivity contribution in [1.82, 2.24) is 4.31 Å². The molecule has 9 heteroatoms. The number of anilines is 1. The second kappa shape index (κ2) is 10.0. The number of esters is 1. The molecule has 0 spiro atoms. The standard InChI is InChI=1S/C23H27ClN2O5S/c1-15-11-16(2)14-26(13-15)32(29,30)19-8-6-7-18(12-19)23(28)31-17(3)22(27)25-21-10-5-4-9-20(21)24/h4-10,12,15-17H,11,13-14H2,1-3H3,(H,25,27). The number of halogens is 1. The van der Waals surface area contributed by atoms with Crippen LogP contribution in [-0.2, 0) is 19.6 Å². The van der Waals surface area contributed by atoms with E-state index in [2.05, 4.69) is 5.32 Å². The van der Waals surface area contributed by atoms with Gasteiger partial charge in [-0.3, -0.25) is 4.79 Å². The number of hydrogen-bond acceptors (Lipinski definition) is 5. The predicted molar refractivity (Wildman–Crippen MR) is 123 cm³/mol.